The summed E-state index contributed by atoms with van der Waals surface area (Å²) >= 11 is 0. The molecule has 1 saturated heterocycles. The van der Waals surface area contributed by atoms with E-state index in [2.05, 4.69) is 9.89 Å². The summed E-state index contributed by atoms with van der Waals surface area (Å²) in [4.78, 5) is 6.36. The highest BCUT2D eigenvalue weighted by Gasteiger charge is 2.08. The van der Waals surface area contributed by atoms with Gasteiger partial charge in [0, 0.05) is 19.8 Å². The minimum Gasteiger partial charge on any atom is -0.300 e. The molecule has 0 aliphatic carbocycles. The maximum Gasteiger partial charge on any atom is 0.0333 e. The highest BCUT2D eigenvalue weighted by atomic mass is 15.1. The molecular formula is C7H14N2. The SMILES string of the molecule is C/N=C\CN1CCCC1. The van der Waals surface area contributed by atoms with Gasteiger partial charge in [0.2, 0.25) is 0 Å². The molecule has 1 fully saturated rings. The van der Waals surface area contributed by atoms with Gasteiger partial charge in [-0.15, -0.1) is 0 Å². The second-order valence-electron chi connectivity index (χ2n) is 2.45. The number of nitrogens with zero attached hydrogens (tertiary/aromatic N) is 2. The second-order valence-corrected chi connectivity index (χ2v) is 2.45. The molecule has 1 aliphatic heterocycles. The van der Waals surface area contributed by atoms with Crippen LogP contribution in [0.3, 0.4) is 0 Å². The van der Waals surface area contributed by atoms with E-state index >= 15 is 0 Å². The van der Waals surface area contributed by atoms with Gasteiger partial charge in [0.25, 0.3) is 0 Å². The van der Waals surface area contributed by atoms with E-state index in [0.29, 0.717) is 0 Å². The van der Waals surface area contributed by atoms with Crippen LogP contribution in [0.2, 0.25) is 0 Å². The van der Waals surface area contributed by atoms with Crippen molar-refractivity contribution in [2.45, 2.75) is 12.8 Å². The van der Waals surface area contributed by atoms with Crippen molar-refractivity contribution in [2.75, 3.05) is 26.7 Å². The minimum atomic E-state index is 1.05. The molecule has 0 atom stereocenters. The summed E-state index contributed by atoms with van der Waals surface area (Å²) in [7, 11) is 1.83. The molecule has 2 heteroatoms. The first kappa shape index (κ1) is 6.75. The van der Waals surface area contributed by atoms with Gasteiger partial charge in [-0.2, -0.15) is 0 Å². The number of hydrogen-bond donors (Lipinski definition) is 0. The van der Waals surface area contributed by atoms with Crippen molar-refractivity contribution >= 4 is 6.21 Å². The molecule has 0 aromatic heterocycles. The molecule has 0 amide bonds. The van der Waals surface area contributed by atoms with Gasteiger partial charge >= 0.3 is 0 Å². The Balaban J connectivity index is 2.11. The summed E-state index contributed by atoms with van der Waals surface area (Å²) in [6.45, 7) is 3.59. The van der Waals surface area contributed by atoms with E-state index in [1.807, 2.05) is 13.3 Å². The zero-order valence-corrected chi connectivity index (χ0v) is 6.01. The summed E-state index contributed by atoms with van der Waals surface area (Å²) < 4.78 is 0. The van der Waals surface area contributed by atoms with Gasteiger partial charge in [0.1, 0.15) is 0 Å². The monoisotopic (exact) mass is 126 g/mol. The molecule has 1 heterocycles. The number of likely N-dealkylation sites (tertiary alicyclic amines) is 1. The highest BCUT2D eigenvalue weighted by Crippen LogP contribution is 2.04. The predicted octanol–water partition coefficient (Wildman–Crippen LogP) is 0.783. The van der Waals surface area contributed by atoms with Gasteiger partial charge in [-0.1, -0.05) is 0 Å². The fraction of sp³-hybridized carbons (Fsp3) is 0.857. The third kappa shape index (κ3) is 2.14. The average Bonchev–Trinajstić information content (AvgIpc) is 2.34. The Kier molecular flexibility index (Phi) is 2.71. The standard InChI is InChI=1S/C7H14N2/c1-8-4-7-9-5-2-3-6-9/h4H,2-3,5-7H2,1H3/b8-4-. The maximum atomic E-state index is 3.93. The van der Waals surface area contributed by atoms with Crippen molar-refractivity contribution in [2.24, 2.45) is 4.99 Å². The van der Waals surface area contributed by atoms with Crippen LogP contribution < -0.4 is 0 Å². The Hall–Kier alpha value is -0.370. The molecule has 0 N–H and O–H groups in total. The summed E-state index contributed by atoms with van der Waals surface area (Å²) in [5.74, 6) is 0. The van der Waals surface area contributed by atoms with Crippen LogP contribution in [0.15, 0.2) is 4.99 Å². The molecule has 1 rings (SSSR count). The molecule has 0 aromatic carbocycles. The molecule has 1 aliphatic rings. The lowest BCUT2D eigenvalue weighted by atomic mass is 10.4. The largest absolute Gasteiger partial charge is 0.300 e. The zero-order chi connectivity index (χ0) is 6.53. The fourth-order valence-electron chi connectivity index (χ4n) is 1.16. The van der Waals surface area contributed by atoms with Crippen LogP contribution in [-0.4, -0.2) is 37.8 Å². The summed E-state index contributed by atoms with van der Waals surface area (Å²) in [5.41, 5.74) is 0. The van der Waals surface area contributed by atoms with Gasteiger partial charge < -0.3 is 0 Å². The Labute approximate surface area is 56.6 Å². The average molecular weight is 126 g/mol. The molecule has 0 spiro atoms. The zero-order valence-electron chi connectivity index (χ0n) is 6.01. The van der Waals surface area contributed by atoms with Crippen LogP contribution in [0.1, 0.15) is 12.8 Å². The number of rotatable bonds is 2. The second kappa shape index (κ2) is 3.62. The summed E-state index contributed by atoms with van der Waals surface area (Å²) in [5, 5.41) is 0. The van der Waals surface area contributed by atoms with Gasteiger partial charge in [-0.3, -0.25) is 9.89 Å². The Morgan fingerprint density at radius 1 is 1.44 bits per heavy atom. The minimum absolute atomic E-state index is 1.05. The van der Waals surface area contributed by atoms with E-state index in [9.17, 15) is 0 Å². The van der Waals surface area contributed by atoms with Crippen LogP contribution in [0.4, 0.5) is 0 Å². The fourth-order valence-corrected chi connectivity index (χ4v) is 1.16. The molecule has 0 saturated carbocycles. The smallest absolute Gasteiger partial charge is 0.0333 e. The Bertz CT molecular complexity index is 93.1. The highest BCUT2D eigenvalue weighted by molar-refractivity contribution is 5.59. The molecule has 2 nitrogen and oxygen atoms in total. The van der Waals surface area contributed by atoms with E-state index in [1.165, 1.54) is 25.9 Å². The molecule has 9 heavy (non-hydrogen) atoms. The van der Waals surface area contributed by atoms with Crippen molar-refractivity contribution in [1.29, 1.82) is 0 Å². The first-order valence-electron chi connectivity index (χ1n) is 3.56. The van der Waals surface area contributed by atoms with Crippen LogP contribution in [0.25, 0.3) is 0 Å². The maximum absolute atomic E-state index is 3.93. The van der Waals surface area contributed by atoms with Crippen LogP contribution in [-0.2, 0) is 0 Å². The third-order valence-corrected chi connectivity index (χ3v) is 1.72. The Morgan fingerprint density at radius 3 is 2.67 bits per heavy atom. The molecule has 0 aromatic rings. The van der Waals surface area contributed by atoms with Crippen molar-refractivity contribution in [3.05, 3.63) is 0 Å². The van der Waals surface area contributed by atoms with Gasteiger partial charge in [-0.25, -0.2) is 0 Å². The molecule has 0 radical (unpaired) electrons. The third-order valence-electron chi connectivity index (χ3n) is 1.72. The van der Waals surface area contributed by atoms with Crippen LogP contribution in [0.5, 0.6) is 0 Å². The van der Waals surface area contributed by atoms with Crippen molar-refractivity contribution in [3.8, 4) is 0 Å². The molecular weight excluding hydrogens is 112 g/mol. The van der Waals surface area contributed by atoms with E-state index in [4.69, 9.17) is 0 Å². The molecule has 0 bridgehead atoms. The van der Waals surface area contributed by atoms with Gasteiger partial charge in [-0.05, 0) is 25.9 Å². The normalized spacial score (nSPS) is 21.9. The first-order chi connectivity index (χ1) is 4.43. The summed E-state index contributed by atoms with van der Waals surface area (Å²) in [6.07, 6.45) is 4.72. The number of hydrogen-bond acceptors (Lipinski definition) is 2. The summed E-state index contributed by atoms with van der Waals surface area (Å²) in [6, 6.07) is 0. The van der Waals surface area contributed by atoms with E-state index in [1.54, 1.807) is 0 Å². The first-order valence-corrected chi connectivity index (χ1v) is 3.56. The van der Waals surface area contributed by atoms with Gasteiger partial charge in [0.15, 0.2) is 0 Å². The van der Waals surface area contributed by atoms with E-state index in [0.717, 1.165) is 6.54 Å². The van der Waals surface area contributed by atoms with Crippen molar-refractivity contribution < 1.29 is 0 Å². The predicted molar refractivity (Wildman–Crippen MR) is 40.1 cm³/mol. The van der Waals surface area contributed by atoms with Crippen molar-refractivity contribution in [1.82, 2.24) is 4.90 Å². The van der Waals surface area contributed by atoms with E-state index in [-0.39, 0.29) is 0 Å². The Morgan fingerprint density at radius 2 is 2.11 bits per heavy atom. The van der Waals surface area contributed by atoms with E-state index < -0.39 is 0 Å². The number of aliphatic imine (C=N–C) groups is 1. The quantitative estimate of drug-likeness (QED) is 0.499. The van der Waals surface area contributed by atoms with Crippen molar-refractivity contribution in [3.63, 3.8) is 0 Å². The van der Waals surface area contributed by atoms with Gasteiger partial charge in [0.05, 0.1) is 0 Å². The topological polar surface area (TPSA) is 15.6 Å². The lowest BCUT2D eigenvalue weighted by molar-refractivity contribution is 0.391. The van der Waals surface area contributed by atoms with Crippen LogP contribution in [0, 0.1) is 0 Å². The lowest BCUT2D eigenvalue weighted by Gasteiger charge is -2.09. The molecule has 0 unspecified atom stereocenters. The van der Waals surface area contributed by atoms with Crippen LogP contribution >= 0.6 is 0 Å². The molecule has 52 valence electrons. The lowest BCUT2D eigenvalue weighted by Crippen LogP contribution is -2.21.